The first kappa shape index (κ1) is 23.1. The van der Waals surface area contributed by atoms with E-state index in [9.17, 15) is 13.2 Å². The van der Waals surface area contributed by atoms with Crippen molar-refractivity contribution in [1.29, 1.82) is 0 Å². The Hall–Kier alpha value is -3.04. The van der Waals surface area contributed by atoms with E-state index in [-0.39, 0.29) is 11.8 Å². The molecule has 0 atom stereocenters. The van der Waals surface area contributed by atoms with Crippen LogP contribution in [0.3, 0.4) is 0 Å². The summed E-state index contributed by atoms with van der Waals surface area (Å²) in [5, 5.41) is 7.13. The van der Waals surface area contributed by atoms with E-state index in [1.165, 1.54) is 10.6 Å². The molecule has 1 fully saturated rings. The molecule has 1 saturated heterocycles. The molecule has 0 bridgehead atoms. The Morgan fingerprint density at radius 1 is 1.03 bits per heavy atom. The number of hydrogen-bond acceptors (Lipinski definition) is 5. The Labute approximate surface area is 194 Å². The van der Waals surface area contributed by atoms with Crippen molar-refractivity contribution in [2.24, 2.45) is 5.92 Å². The molecule has 0 spiro atoms. The number of anilines is 1. The zero-order valence-corrected chi connectivity index (χ0v) is 20.2. The lowest BCUT2D eigenvalue weighted by Crippen LogP contribution is -2.42. The number of sulfonamides is 1. The van der Waals surface area contributed by atoms with Gasteiger partial charge in [-0.2, -0.15) is 9.40 Å². The largest absolute Gasteiger partial charge is 0.324 e. The standard InChI is InChI=1S/C24H29N5O3S/c1-16-13-17(2)19(4)23(18(16)3)33(31,32)28-11-9-20(10-12-28)24(30)27-21-7-5-6-8-22(21)29-15-25-14-26-29/h5-8,13-15,20H,9-12H2,1-4H3,(H,27,30). The molecule has 33 heavy (non-hydrogen) atoms. The maximum absolute atomic E-state index is 13.5. The third-order valence-corrected chi connectivity index (χ3v) is 8.72. The summed E-state index contributed by atoms with van der Waals surface area (Å²) in [7, 11) is -3.63. The maximum Gasteiger partial charge on any atom is 0.243 e. The van der Waals surface area contributed by atoms with Crippen LogP contribution in [0.15, 0.2) is 47.9 Å². The second kappa shape index (κ2) is 9.07. The van der Waals surface area contributed by atoms with Gasteiger partial charge in [-0.15, -0.1) is 0 Å². The molecule has 1 N–H and O–H groups in total. The highest BCUT2D eigenvalue weighted by molar-refractivity contribution is 7.89. The van der Waals surface area contributed by atoms with E-state index in [2.05, 4.69) is 15.4 Å². The zero-order chi connectivity index (χ0) is 23.8. The topological polar surface area (TPSA) is 97.2 Å². The van der Waals surface area contributed by atoms with Crippen molar-refractivity contribution >= 4 is 21.6 Å². The van der Waals surface area contributed by atoms with Crippen LogP contribution in [0.5, 0.6) is 0 Å². The van der Waals surface area contributed by atoms with Crippen LogP contribution in [-0.2, 0) is 14.8 Å². The molecule has 0 unspecified atom stereocenters. The van der Waals surface area contributed by atoms with Gasteiger partial charge in [0, 0.05) is 19.0 Å². The molecular formula is C24H29N5O3S. The van der Waals surface area contributed by atoms with E-state index in [0.717, 1.165) is 27.9 Å². The first-order valence-electron chi connectivity index (χ1n) is 11.0. The average molecular weight is 468 g/mol. The van der Waals surface area contributed by atoms with Crippen LogP contribution in [0, 0.1) is 33.6 Å². The quantitative estimate of drug-likeness (QED) is 0.619. The SMILES string of the molecule is Cc1cc(C)c(C)c(S(=O)(=O)N2CCC(C(=O)Nc3ccccc3-n3cncn3)CC2)c1C. The Bertz CT molecular complexity index is 1250. The Morgan fingerprint density at radius 2 is 1.67 bits per heavy atom. The van der Waals surface area contributed by atoms with Crippen molar-refractivity contribution in [2.75, 3.05) is 18.4 Å². The van der Waals surface area contributed by atoms with Gasteiger partial charge in [0.05, 0.1) is 16.3 Å². The van der Waals surface area contributed by atoms with Crippen LogP contribution in [-0.4, -0.2) is 46.5 Å². The molecule has 3 aromatic rings. The number of aryl methyl sites for hydroxylation is 2. The number of piperidine rings is 1. The van der Waals surface area contributed by atoms with Crippen molar-refractivity contribution < 1.29 is 13.2 Å². The highest BCUT2D eigenvalue weighted by Crippen LogP contribution is 2.31. The van der Waals surface area contributed by atoms with Crippen molar-refractivity contribution in [3.8, 4) is 5.69 Å². The van der Waals surface area contributed by atoms with Gasteiger partial charge in [0.1, 0.15) is 12.7 Å². The molecule has 1 aromatic heterocycles. The van der Waals surface area contributed by atoms with Crippen molar-refractivity contribution in [2.45, 2.75) is 45.4 Å². The van der Waals surface area contributed by atoms with Crippen LogP contribution >= 0.6 is 0 Å². The van der Waals surface area contributed by atoms with E-state index < -0.39 is 10.0 Å². The maximum atomic E-state index is 13.5. The number of nitrogens with zero attached hydrogens (tertiary/aromatic N) is 4. The van der Waals surface area contributed by atoms with Gasteiger partial charge in [-0.05, 0) is 74.9 Å². The van der Waals surface area contributed by atoms with Crippen molar-refractivity contribution in [3.63, 3.8) is 0 Å². The van der Waals surface area contributed by atoms with Crippen LogP contribution in [0.25, 0.3) is 5.69 Å². The Kier molecular flexibility index (Phi) is 6.36. The zero-order valence-electron chi connectivity index (χ0n) is 19.4. The Balaban J connectivity index is 1.48. The number of hydrogen-bond donors (Lipinski definition) is 1. The fourth-order valence-electron chi connectivity index (χ4n) is 4.40. The van der Waals surface area contributed by atoms with Crippen LogP contribution in [0.1, 0.15) is 35.1 Å². The molecule has 0 radical (unpaired) electrons. The molecule has 2 heterocycles. The predicted octanol–water partition coefficient (Wildman–Crippen LogP) is 3.54. The summed E-state index contributed by atoms with van der Waals surface area (Å²) in [5.41, 5.74) is 4.90. The van der Waals surface area contributed by atoms with Gasteiger partial charge in [0.25, 0.3) is 0 Å². The average Bonchev–Trinajstić information content (AvgIpc) is 3.33. The molecule has 174 valence electrons. The van der Waals surface area contributed by atoms with Gasteiger partial charge in [-0.25, -0.2) is 18.1 Å². The van der Waals surface area contributed by atoms with Crippen molar-refractivity contribution in [3.05, 3.63) is 65.2 Å². The van der Waals surface area contributed by atoms with Gasteiger partial charge in [0.15, 0.2) is 0 Å². The molecule has 1 aliphatic rings. The van der Waals surface area contributed by atoms with Gasteiger partial charge < -0.3 is 5.32 Å². The number of para-hydroxylation sites is 2. The van der Waals surface area contributed by atoms with E-state index in [0.29, 0.717) is 36.5 Å². The summed E-state index contributed by atoms with van der Waals surface area (Å²) in [4.78, 5) is 17.4. The highest BCUT2D eigenvalue weighted by Gasteiger charge is 2.34. The minimum Gasteiger partial charge on any atom is -0.324 e. The molecule has 1 aliphatic heterocycles. The van der Waals surface area contributed by atoms with E-state index in [4.69, 9.17) is 0 Å². The van der Waals surface area contributed by atoms with E-state index >= 15 is 0 Å². The Morgan fingerprint density at radius 3 is 2.27 bits per heavy atom. The van der Waals surface area contributed by atoms with Gasteiger partial charge in [-0.3, -0.25) is 4.79 Å². The monoisotopic (exact) mass is 467 g/mol. The van der Waals surface area contributed by atoms with Crippen LogP contribution < -0.4 is 5.32 Å². The summed E-state index contributed by atoms with van der Waals surface area (Å²) < 4.78 is 30.1. The van der Waals surface area contributed by atoms with E-state index in [1.54, 1.807) is 11.0 Å². The number of carbonyl (C=O) groups excluding carboxylic acids is 1. The number of benzene rings is 2. The van der Waals surface area contributed by atoms with Gasteiger partial charge >= 0.3 is 0 Å². The number of amides is 1. The first-order valence-corrected chi connectivity index (χ1v) is 12.5. The molecule has 0 aliphatic carbocycles. The summed E-state index contributed by atoms with van der Waals surface area (Å²) in [5.74, 6) is -0.375. The second-order valence-corrected chi connectivity index (χ2v) is 10.5. The molecule has 9 heteroatoms. The smallest absolute Gasteiger partial charge is 0.243 e. The van der Waals surface area contributed by atoms with Gasteiger partial charge in [-0.1, -0.05) is 18.2 Å². The summed E-state index contributed by atoms with van der Waals surface area (Å²) >= 11 is 0. The summed E-state index contributed by atoms with van der Waals surface area (Å²) in [6.45, 7) is 8.24. The minimum atomic E-state index is -3.63. The lowest BCUT2D eigenvalue weighted by Gasteiger charge is -2.32. The molecule has 2 aromatic carbocycles. The normalized spacial score (nSPS) is 15.5. The van der Waals surface area contributed by atoms with E-state index in [1.807, 2.05) is 58.0 Å². The molecule has 4 rings (SSSR count). The fraction of sp³-hybridized carbons (Fsp3) is 0.375. The van der Waals surface area contributed by atoms with Gasteiger partial charge in [0.2, 0.25) is 15.9 Å². The molecule has 1 amide bonds. The first-order chi connectivity index (χ1) is 15.7. The fourth-order valence-corrected chi connectivity index (χ4v) is 6.45. The lowest BCUT2D eigenvalue weighted by atomic mass is 9.97. The number of nitrogens with one attached hydrogen (secondary N) is 1. The highest BCUT2D eigenvalue weighted by atomic mass is 32.2. The van der Waals surface area contributed by atoms with Crippen LogP contribution in [0.2, 0.25) is 0 Å². The second-order valence-electron chi connectivity index (χ2n) is 8.61. The summed E-state index contributed by atoms with van der Waals surface area (Å²) in [6, 6.07) is 9.41. The number of aromatic nitrogens is 3. The molecular weight excluding hydrogens is 438 g/mol. The lowest BCUT2D eigenvalue weighted by molar-refractivity contribution is -0.120. The summed E-state index contributed by atoms with van der Waals surface area (Å²) in [6.07, 6.45) is 3.96. The predicted molar refractivity (Wildman–Crippen MR) is 127 cm³/mol. The number of rotatable bonds is 5. The third kappa shape index (κ3) is 4.43. The third-order valence-electron chi connectivity index (χ3n) is 6.55. The van der Waals surface area contributed by atoms with Crippen molar-refractivity contribution in [1.82, 2.24) is 19.1 Å². The molecule has 0 saturated carbocycles. The molecule has 8 nitrogen and oxygen atoms in total. The van der Waals surface area contributed by atoms with Crippen LogP contribution in [0.4, 0.5) is 5.69 Å². The number of carbonyl (C=O) groups is 1. The minimum absolute atomic E-state index is 0.113.